The number of nitro groups is 1. The molecule has 6 heteroatoms. The Kier molecular flexibility index (Phi) is 3.83. The number of nitriles is 2. The van der Waals surface area contributed by atoms with E-state index in [1.165, 1.54) is 18.2 Å². The summed E-state index contributed by atoms with van der Waals surface area (Å²) < 4.78 is 0. The second-order valence-electron chi connectivity index (χ2n) is 4.34. The largest absolute Gasteiger partial charge is 0.354 e. The maximum absolute atomic E-state index is 10.8. The van der Waals surface area contributed by atoms with E-state index in [0.717, 1.165) is 5.56 Å². The number of rotatable bonds is 3. The quantitative estimate of drug-likeness (QED) is 0.684. The van der Waals surface area contributed by atoms with E-state index in [4.69, 9.17) is 10.5 Å². The molecule has 0 fully saturated rings. The number of hydrogen-bond acceptors (Lipinski definition) is 5. The van der Waals surface area contributed by atoms with Crippen LogP contribution in [0.25, 0.3) is 0 Å². The lowest BCUT2D eigenvalue weighted by molar-refractivity contribution is -0.385. The number of hydrogen-bond donors (Lipinski definition) is 1. The SMILES string of the molecule is Cc1cccc(Nc2ccc([N+](=O)[O-])c(C#N)c2)c1C#N. The van der Waals surface area contributed by atoms with Crippen molar-refractivity contribution in [2.45, 2.75) is 6.92 Å². The number of benzene rings is 2. The Labute approximate surface area is 121 Å². The van der Waals surface area contributed by atoms with Gasteiger partial charge < -0.3 is 5.32 Å². The highest BCUT2D eigenvalue weighted by atomic mass is 16.6. The van der Waals surface area contributed by atoms with Crippen LogP contribution in [0.3, 0.4) is 0 Å². The number of nitrogens with one attached hydrogen (secondary N) is 1. The molecule has 0 aliphatic rings. The molecule has 0 amide bonds. The Balaban J connectivity index is 2.43. The van der Waals surface area contributed by atoms with Crippen molar-refractivity contribution in [2.75, 3.05) is 5.32 Å². The molecule has 6 nitrogen and oxygen atoms in total. The van der Waals surface area contributed by atoms with E-state index in [1.54, 1.807) is 18.2 Å². The first kappa shape index (κ1) is 14.0. The molecular formula is C15H10N4O2. The van der Waals surface area contributed by atoms with Crippen molar-refractivity contribution in [3.63, 3.8) is 0 Å². The van der Waals surface area contributed by atoms with E-state index in [-0.39, 0.29) is 11.3 Å². The van der Waals surface area contributed by atoms with Gasteiger partial charge in [0, 0.05) is 11.8 Å². The van der Waals surface area contributed by atoms with Crippen molar-refractivity contribution < 1.29 is 4.92 Å². The second-order valence-corrected chi connectivity index (χ2v) is 4.34. The van der Waals surface area contributed by atoms with Gasteiger partial charge in [-0.1, -0.05) is 12.1 Å². The Morgan fingerprint density at radius 1 is 1.19 bits per heavy atom. The van der Waals surface area contributed by atoms with E-state index in [1.807, 2.05) is 13.0 Å². The second kappa shape index (κ2) is 5.72. The highest BCUT2D eigenvalue weighted by molar-refractivity contribution is 5.70. The van der Waals surface area contributed by atoms with Crippen molar-refractivity contribution in [1.82, 2.24) is 0 Å². The maximum Gasteiger partial charge on any atom is 0.287 e. The Bertz CT molecular complexity index is 800. The third-order valence-electron chi connectivity index (χ3n) is 2.98. The maximum atomic E-state index is 10.8. The molecule has 0 aliphatic carbocycles. The Morgan fingerprint density at radius 3 is 2.57 bits per heavy atom. The van der Waals surface area contributed by atoms with Gasteiger partial charge in [0.15, 0.2) is 0 Å². The zero-order valence-corrected chi connectivity index (χ0v) is 11.1. The number of nitro benzene ring substituents is 1. The predicted molar refractivity (Wildman–Crippen MR) is 77.0 cm³/mol. The molecule has 0 radical (unpaired) electrons. The van der Waals surface area contributed by atoms with Gasteiger partial charge in [-0.3, -0.25) is 10.1 Å². The lowest BCUT2D eigenvalue weighted by Crippen LogP contribution is -1.98. The molecule has 2 aromatic carbocycles. The molecule has 0 saturated carbocycles. The van der Waals surface area contributed by atoms with Gasteiger partial charge in [0.25, 0.3) is 5.69 Å². The fraction of sp³-hybridized carbons (Fsp3) is 0.0667. The van der Waals surface area contributed by atoms with Gasteiger partial charge in [-0.25, -0.2) is 0 Å². The fourth-order valence-corrected chi connectivity index (χ4v) is 1.94. The van der Waals surface area contributed by atoms with Crippen LogP contribution < -0.4 is 5.32 Å². The monoisotopic (exact) mass is 278 g/mol. The molecule has 2 aromatic rings. The lowest BCUT2D eigenvalue weighted by Gasteiger charge is -2.10. The van der Waals surface area contributed by atoms with Gasteiger partial charge in [0.1, 0.15) is 17.7 Å². The average molecular weight is 278 g/mol. The first-order valence-corrected chi connectivity index (χ1v) is 6.02. The molecule has 0 aromatic heterocycles. The van der Waals surface area contributed by atoms with Gasteiger partial charge in [-0.2, -0.15) is 10.5 Å². The minimum atomic E-state index is -0.601. The third kappa shape index (κ3) is 2.80. The van der Waals surface area contributed by atoms with Gasteiger partial charge >= 0.3 is 0 Å². The van der Waals surface area contributed by atoms with Crippen LogP contribution in [0.5, 0.6) is 0 Å². The van der Waals surface area contributed by atoms with Crippen molar-refractivity contribution in [1.29, 1.82) is 10.5 Å². The van der Waals surface area contributed by atoms with E-state index in [0.29, 0.717) is 16.9 Å². The highest BCUT2D eigenvalue weighted by Gasteiger charge is 2.14. The summed E-state index contributed by atoms with van der Waals surface area (Å²) in [7, 11) is 0. The van der Waals surface area contributed by atoms with E-state index in [2.05, 4.69) is 11.4 Å². The normalized spacial score (nSPS) is 9.48. The van der Waals surface area contributed by atoms with Crippen LogP contribution >= 0.6 is 0 Å². The van der Waals surface area contributed by atoms with Crippen LogP contribution in [0.4, 0.5) is 17.1 Å². The average Bonchev–Trinajstić information content (AvgIpc) is 2.47. The van der Waals surface area contributed by atoms with Crippen LogP contribution in [-0.2, 0) is 0 Å². The minimum absolute atomic E-state index is 0.0313. The standard InChI is InChI=1S/C15H10N4O2/c1-10-3-2-4-14(13(10)9-17)18-12-5-6-15(19(20)21)11(7-12)8-16/h2-7,18H,1H3. The van der Waals surface area contributed by atoms with Gasteiger partial charge in [0.2, 0.25) is 0 Å². The number of anilines is 2. The first-order chi connectivity index (χ1) is 10.1. The molecule has 0 spiro atoms. The van der Waals surface area contributed by atoms with E-state index < -0.39 is 4.92 Å². The lowest BCUT2D eigenvalue weighted by atomic mass is 10.1. The molecule has 0 aliphatic heterocycles. The molecule has 21 heavy (non-hydrogen) atoms. The molecule has 0 atom stereocenters. The van der Waals surface area contributed by atoms with E-state index in [9.17, 15) is 10.1 Å². The molecular weight excluding hydrogens is 268 g/mol. The van der Waals surface area contributed by atoms with Crippen LogP contribution in [0, 0.1) is 39.7 Å². The topological polar surface area (TPSA) is 103 Å². The predicted octanol–water partition coefficient (Wildman–Crippen LogP) is 3.39. The summed E-state index contributed by atoms with van der Waals surface area (Å²) in [5.74, 6) is 0. The summed E-state index contributed by atoms with van der Waals surface area (Å²) in [5, 5.41) is 31.9. The number of aryl methyl sites for hydroxylation is 1. The van der Waals surface area contributed by atoms with Crippen LogP contribution in [-0.4, -0.2) is 4.92 Å². The summed E-state index contributed by atoms with van der Waals surface area (Å²) in [6.45, 7) is 1.82. The molecule has 1 N–H and O–H groups in total. The molecule has 0 bridgehead atoms. The molecule has 0 heterocycles. The van der Waals surface area contributed by atoms with Gasteiger partial charge in [0.05, 0.1) is 16.2 Å². The van der Waals surface area contributed by atoms with Crippen molar-refractivity contribution in [2.24, 2.45) is 0 Å². The zero-order valence-electron chi connectivity index (χ0n) is 11.1. The van der Waals surface area contributed by atoms with Gasteiger partial charge in [-0.05, 0) is 30.7 Å². The van der Waals surface area contributed by atoms with Crippen LogP contribution in [0.15, 0.2) is 36.4 Å². The van der Waals surface area contributed by atoms with Crippen molar-refractivity contribution in [3.8, 4) is 12.1 Å². The first-order valence-electron chi connectivity index (χ1n) is 6.02. The van der Waals surface area contributed by atoms with Crippen LogP contribution in [0.1, 0.15) is 16.7 Å². The minimum Gasteiger partial charge on any atom is -0.354 e. The summed E-state index contributed by atoms with van der Waals surface area (Å²) in [5.41, 5.74) is 2.15. The van der Waals surface area contributed by atoms with Crippen molar-refractivity contribution >= 4 is 17.1 Å². The van der Waals surface area contributed by atoms with Crippen molar-refractivity contribution in [3.05, 3.63) is 63.2 Å². The summed E-state index contributed by atoms with van der Waals surface area (Å²) >= 11 is 0. The van der Waals surface area contributed by atoms with Crippen LogP contribution in [0.2, 0.25) is 0 Å². The smallest absolute Gasteiger partial charge is 0.287 e. The fourth-order valence-electron chi connectivity index (χ4n) is 1.94. The highest BCUT2D eigenvalue weighted by Crippen LogP contribution is 2.26. The number of nitrogens with zero attached hydrogens (tertiary/aromatic N) is 3. The molecule has 0 saturated heterocycles. The zero-order chi connectivity index (χ0) is 15.4. The summed E-state index contributed by atoms with van der Waals surface area (Å²) in [6, 6.07) is 13.4. The van der Waals surface area contributed by atoms with Gasteiger partial charge in [-0.15, -0.1) is 0 Å². The Hall–Kier alpha value is -3.38. The molecule has 102 valence electrons. The summed E-state index contributed by atoms with van der Waals surface area (Å²) in [4.78, 5) is 10.2. The molecule has 0 unspecified atom stereocenters. The van der Waals surface area contributed by atoms with E-state index >= 15 is 0 Å². The summed E-state index contributed by atoms with van der Waals surface area (Å²) in [6.07, 6.45) is 0. The Morgan fingerprint density at radius 2 is 1.95 bits per heavy atom. The molecule has 2 rings (SSSR count). The third-order valence-corrected chi connectivity index (χ3v) is 2.98.